The van der Waals surface area contributed by atoms with Crippen molar-refractivity contribution >= 4 is 17.6 Å². The van der Waals surface area contributed by atoms with Gasteiger partial charge in [0.15, 0.2) is 0 Å². The highest BCUT2D eigenvalue weighted by Crippen LogP contribution is 2.50. The molecule has 0 atom stereocenters. The minimum atomic E-state index is -0.827. The van der Waals surface area contributed by atoms with E-state index in [0.29, 0.717) is 18.4 Å². The fraction of sp³-hybridized carbons (Fsp3) is 0.364. The van der Waals surface area contributed by atoms with Crippen LogP contribution in [0.4, 0.5) is 0 Å². The summed E-state index contributed by atoms with van der Waals surface area (Å²) in [7, 11) is 0. The number of hydrogen-bond acceptors (Lipinski definition) is 2. The maximum atomic E-state index is 11.1. The molecule has 0 saturated heterocycles. The molecule has 1 aromatic carbocycles. The van der Waals surface area contributed by atoms with Gasteiger partial charge in [-0.1, -0.05) is 11.6 Å². The van der Waals surface area contributed by atoms with Crippen LogP contribution < -0.4 is 0 Å². The molecule has 4 heteroatoms. The van der Waals surface area contributed by atoms with E-state index in [0.717, 1.165) is 5.56 Å². The molecule has 1 aliphatic rings. The van der Waals surface area contributed by atoms with Crippen molar-refractivity contribution in [1.82, 2.24) is 0 Å². The number of halogens is 1. The molecular weight excluding hydrogens is 216 g/mol. The average molecular weight is 227 g/mol. The number of aromatic hydroxyl groups is 1. The maximum Gasteiger partial charge on any atom is 0.314 e. The molecule has 1 fully saturated rings. The first-order chi connectivity index (χ1) is 6.97. The number of phenolic OH excluding ortho intramolecular Hbond substituents is 1. The Morgan fingerprint density at radius 3 is 2.53 bits per heavy atom. The molecule has 1 saturated carbocycles. The topological polar surface area (TPSA) is 57.5 Å². The van der Waals surface area contributed by atoms with E-state index in [4.69, 9.17) is 16.7 Å². The van der Waals surface area contributed by atoms with Crippen LogP contribution in [0.1, 0.15) is 24.0 Å². The summed E-state index contributed by atoms with van der Waals surface area (Å²) in [6.07, 6.45) is 1.26. The standard InChI is InChI=1S/C11H11ClO3/c1-6-4-8(12)9(13)5-7(6)11(2-3-11)10(14)15/h4-5,13H,2-3H2,1H3,(H,14,15). The van der Waals surface area contributed by atoms with E-state index in [1.54, 1.807) is 6.07 Å². The van der Waals surface area contributed by atoms with Gasteiger partial charge in [0.25, 0.3) is 0 Å². The van der Waals surface area contributed by atoms with Gasteiger partial charge in [-0.2, -0.15) is 0 Å². The number of aryl methyl sites for hydroxylation is 1. The lowest BCUT2D eigenvalue weighted by molar-refractivity contribution is -0.140. The lowest BCUT2D eigenvalue weighted by Crippen LogP contribution is -2.20. The van der Waals surface area contributed by atoms with Gasteiger partial charge in [0.05, 0.1) is 10.4 Å². The van der Waals surface area contributed by atoms with Crippen LogP contribution in [0.3, 0.4) is 0 Å². The van der Waals surface area contributed by atoms with E-state index in [1.165, 1.54) is 6.07 Å². The van der Waals surface area contributed by atoms with Crippen molar-refractivity contribution in [2.24, 2.45) is 0 Å². The van der Waals surface area contributed by atoms with Gasteiger partial charge in [-0.25, -0.2) is 0 Å². The van der Waals surface area contributed by atoms with Crippen molar-refractivity contribution in [3.63, 3.8) is 0 Å². The van der Waals surface area contributed by atoms with Crippen molar-refractivity contribution < 1.29 is 15.0 Å². The molecule has 0 aromatic heterocycles. The van der Waals surface area contributed by atoms with Gasteiger partial charge in [0.2, 0.25) is 0 Å². The third-order valence-corrected chi connectivity index (χ3v) is 3.27. The molecule has 0 radical (unpaired) electrons. The normalized spacial score (nSPS) is 17.5. The molecule has 0 unspecified atom stereocenters. The predicted octanol–water partition coefficient (Wildman–Crippen LogP) is 2.47. The van der Waals surface area contributed by atoms with E-state index in [9.17, 15) is 9.90 Å². The van der Waals surface area contributed by atoms with Crippen LogP contribution in [0, 0.1) is 6.92 Å². The lowest BCUT2D eigenvalue weighted by atomic mass is 9.92. The summed E-state index contributed by atoms with van der Waals surface area (Å²) < 4.78 is 0. The van der Waals surface area contributed by atoms with E-state index < -0.39 is 11.4 Å². The van der Waals surface area contributed by atoms with Crippen LogP contribution in [0.15, 0.2) is 12.1 Å². The van der Waals surface area contributed by atoms with Crippen LogP contribution in [0.5, 0.6) is 5.75 Å². The Morgan fingerprint density at radius 1 is 1.47 bits per heavy atom. The quantitative estimate of drug-likeness (QED) is 0.815. The average Bonchev–Trinajstić information content (AvgIpc) is 2.92. The smallest absolute Gasteiger partial charge is 0.314 e. The first-order valence-corrected chi connectivity index (χ1v) is 5.08. The Morgan fingerprint density at radius 2 is 2.07 bits per heavy atom. The van der Waals surface area contributed by atoms with Crippen molar-refractivity contribution in [3.05, 3.63) is 28.3 Å². The van der Waals surface area contributed by atoms with Gasteiger partial charge < -0.3 is 10.2 Å². The Bertz CT molecular complexity index is 436. The van der Waals surface area contributed by atoms with Gasteiger partial charge in [0, 0.05) is 0 Å². The molecule has 80 valence electrons. The lowest BCUT2D eigenvalue weighted by Gasteiger charge is -2.14. The van der Waals surface area contributed by atoms with Crippen molar-refractivity contribution in [2.45, 2.75) is 25.2 Å². The summed E-state index contributed by atoms with van der Waals surface area (Å²) in [5.74, 6) is -0.878. The van der Waals surface area contributed by atoms with Gasteiger partial charge >= 0.3 is 5.97 Å². The summed E-state index contributed by atoms with van der Waals surface area (Å²) in [6, 6.07) is 3.08. The third kappa shape index (κ3) is 1.47. The molecule has 0 heterocycles. The second kappa shape index (κ2) is 3.14. The highest BCUT2D eigenvalue weighted by molar-refractivity contribution is 6.32. The fourth-order valence-electron chi connectivity index (χ4n) is 1.90. The van der Waals surface area contributed by atoms with Crippen LogP contribution in [0.2, 0.25) is 5.02 Å². The number of benzene rings is 1. The van der Waals surface area contributed by atoms with Gasteiger partial charge in [-0.3, -0.25) is 4.79 Å². The van der Waals surface area contributed by atoms with Crippen LogP contribution >= 0.6 is 11.6 Å². The van der Waals surface area contributed by atoms with Crippen LogP contribution in [0.25, 0.3) is 0 Å². The fourth-order valence-corrected chi connectivity index (χ4v) is 2.12. The molecule has 1 aromatic rings. The Kier molecular flexibility index (Phi) is 2.15. The van der Waals surface area contributed by atoms with Gasteiger partial charge in [-0.15, -0.1) is 0 Å². The zero-order chi connectivity index (χ0) is 11.2. The number of carboxylic acid groups (broad SMARTS) is 1. The van der Waals surface area contributed by atoms with E-state index in [1.807, 2.05) is 6.92 Å². The largest absolute Gasteiger partial charge is 0.506 e. The minimum absolute atomic E-state index is 0.0511. The molecule has 0 aliphatic heterocycles. The Labute approximate surface area is 92.3 Å². The Hall–Kier alpha value is -1.22. The SMILES string of the molecule is Cc1cc(Cl)c(O)cc1C1(C(=O)O)CC1. The molecule has 2 N–H and O–H groups in total. The first kappa shape index (κ1) is 10.3. The zero-order valence-corrected chi connectivity index (χ0v) is 9.01. The Balaban J connectivity index is 2.54. The zero-order valence-electron chi connectivity index (χ0n) is 8.25. The summed E-state index contributed by atoms with van der Waals surface area (Å²) in [5, 5.41) is 18.9. The number of rotatable bonds is 2. The summed E-state index contributed by atoms with van der Waals surface area (Å²) in [4.78, 5) is 11.1. The molecule has 1 aliphatic carbocycles. The number of carboxylic acids is 1. The minimum Gasteiger partial charge on any atom is -0.506 e. The molecular formula is C11H11ClO3. The molecule has 0 amide bonds. The molecule has 0 spiro atoms. The second-order valence-corrected chi connectivity index (χ2v) is 4.41. The number of aliphatic carboxylic acids is 1. The van der Waals surface area contributed by atoms with Crippen molar-refractivity contribution in [3.8, 4) is 5.75 Å². The van der Waals surface area contributed by atoms with Crippen LogP contribution in [-0.4, -0.2) is 16.2 Å². The number of carbonyl (C=O) groups is 1. The van der Waals surface area contributed by atoms with Gasteiger partial charge in [-0.05, 0) is 43.0 Å². The third-order valence-electron chi connectivity index (χ3n) is 2.97. The van der Waals surface area contributed by atoms with Crippen LogP contribution in [-0.2, 0) is 10.2 Å². The van der Waals surface area contributed by atoms with Gasteiger partial charge in [0.1, 0.15) is 5.75 Å². The van der Waals surface area contributed by atoms with E-state index in [2.05, 4.69) is 0 Å². The number of phenols is 1. The van der Waals surface area contributed by atoms with E-state index in [-0.39, 0.29) is 10.8 Å². The monoisotopic (exact) mass is 226 g/mol. The first-order valence-electron chi connectivity index (χ1n) is 4.70. The molecule has 3 nitrogen and oxygen atoms in total. The van der Waals surface area contributed by atoms with Crippen molar-refractivity contribution in [1.29, 1.82) is 0 Å². The maximum absolute atomic E-state index is 11.1. The molecule has 15 heavy (non-hydrogen) atoms. The van der Waals surface area contributed by atoms with E-state index >= 15 is 0 Å². The second-order valence-electron chi connectivity index (χ2n) is 4.01. The number of hydrogen-bond donors (Lipinski definition) is 2. The predicted molar refractivity (Wildman–Crippen MR) is 56.4 cm³/mol. The summed E-state index contributed by atoms with van der Waals surface area (Å²) in [5.41, 5.74) is 0.709. The summed E-state index contributed by atoms with van der Waals surface area (Å²) in [6.45, 7) is 1.81. The highest BCUT2D eigenvalue weighted by Gasteiger charge is 2.52. The molecule has 2 rings (SSSR count). The highest BCUT2D eigenvalue weighted by atomic mass is 35.5. The summed E-state index contributed by atoms with van der Waals surface area (Å²) >= 11 is 5.74. The van der Waals surface area contributed by atoms with Crippen molar-refractivity contribution in [2.75, 3.05) is 0 Å². The molecule has 0 bridgehead atoms.